The van der Waals surface area contributed by atoms with Crippen LogP contribution in [0.3, 0.4) is 0 Å². The monoisotopic (exact) mass is 367 g/mol. The minimum absolute atomic E-state index is 0.0651. The molecule has 1 N–H and O–H groups in total. The van der Waals surface area contributed by atoms with Gasteiger partial charge in [0.1, 0.15) is 5.75 Å². The number of hydrogen-bond acceptors (Lipinski definition) is 6. The predicted octanol–water partition coefficient (Wildman–Crippen LogP) is 0.945. The Labute approximate surface area is 146 Å². The maximum atomic E-state index is 11.7. The van der Waals surface area contributed by atoms with Crippen LogP contribution in [-0.4, -0.2) is 51.1 Å². The number of nitrogens with one attached hydrogen (secondary N) is 1. The van der Waals surface area contributed by atoms with Crippen LogP contribution in [0.5, 0.6) is 5.75 Å². The molecule has 0 aliphatic carbocycles. The van der Waals surface area contributed by atoms with Crippen molar-refractivity contribution in [2.45, 2.75) is 19.4 Å². The number of carbonyl (C=O) groups is 2. The normalized spacial score (nSPS) is 18.8. The summed E-state index contributed by atoms with van der Waals surface area (Å²) in [4.78, 5) is 23.3. The first-order valence-electron chi connectivity index (χ1n) is 7.95. The zero-order valence-electron chi connectivity index (χ0n) is 13.9. The van der Waals surface area contributed by atoms with E-state index in [4.69, 9.17) is 9.47 Å². The maximum absolute atomic E-state index is 11.7. The number of ether oxygens (including phenoxy) is 2. The minimum Gasteiger partial charge on any atom is -0.494 e. The summed E-state index contributed by atoms with van der Waals surface area (Å²) < 4.78 is 32.8. The highest BCUT2D eigenvalue weighted by atomic mass is 32.2. The van der Waals surface area contributed by atoms with E-state index in [9.17, 15) is 18.0 Å². The average Bonchev–Trinajstić information content (AvgIpc) is 2.91. The highest BCUT2D eigenvalue weighted by molar-refractivity contribution is 7.91. The van der Waals surface area contributed by atoms with E-state index in [0.29, 0.717) is 13.0 Å². The fourth-order valence-corrected chi connectivity index (χ4v) is 4.04. The van der Waals surface area contributed by atoms with E-state index in [-0.39, 0.29) is 11.5 Å². The van der Waals surface area contributed by atoms with Crippen LogP contribution in [-0.2, 0) is 24.2 Å². The van der Waals surface area contributed by atoms with E-state index in [2.05, 4.69) is 5.32 Å². The molecule has 2 rings (SSSR count). The number of amides is 1. The summed E-state index contributed by atoms with van der Waals surface area (Å²) in [6, 6.07) is 6.76. The number of carbonyl (C=O) groups excluding carboxylic acids is 2. The topological polar surface area (TPSA) is 98.8 Å². The summed E-state index contributed by atoms with van der Waals surface area (Å²) in [7, 11) is -3.06. The Morgan fingerprint density at radius 3 is 2.60 bits per heavy atom. The lowest BCUT2D eigenvalue weighted by atomic mass is 10.2. The number of hydrogen-bond donors (Lipinski definition) is 1. The van der Waals surface area contributed by atoms with E-state index in [1.807, 2.05) is 6.92 Å². The Hall–Kier alpha value is -2.35. The molecule has 0 saturated carbocycles. The molecule has 1 fully saturated rings. The number of esters is 1. The molecule has 25 heavy (non-hydrogen) atoms. The van der Waals surface area contributed by atoms with Crippen molar-refractivity contribution in [2.24, 2.45) is 0 Å². The summed E-state index contributed by atoms with van der Waals surface area (Å²) >= 11 is 0. The second-order valence-electron chi connectivity index (χ2n) is 5.61. The predicted molar refractivity (Wildman–Crippen MR) is 92.8 cm³/mol. The summed E-state index contributed by atoms with van der Waals surface area (Å²) in [6.07, 6.45) is 3.18. The number of rotatable bonds is 7. The van der Waals surface area contributed by atoms with Crippen LogP contribution in [0, 0.1) is 0 Å². The maximum Gasteiger partial charge on any atom is 0.331 e. The summed E-state index contributed by atoms with van der Waals surface area (Å²) in [6.45, 7) is 2.03. The fraction of sp³-hybridized carbons (Fsp3) is 0.412. The highest BCUT2D eigenvalue weighted by Gasteiger charge is 2.28. The first-order chi connectivity index (χ1) is 11.9. The number of benzene rings is 1. The SMILES string of the molecule is CCOc1ccc(/C=C/C(=O)OCC(=O)NC2CCS(=O)(=O)C2)cc1. The van der Waals surface area contributed by atoms with Gasteiger partial charge >= 0.3 is 5.97 Å². The molecule has 0 radical (unpaired) electrons. The van der Waals surface area contributed by atoms with Crippen molar-refractivity contribution < 1.29 is 27.5 Å². The lowest BCUT2D eigenvalue weighted by Crippen LogP contribution is -2.38. The van der Waals surface area contributed by atoms with E-state index in [0.717, 1.165) is 11.3 Å². The van der Waals surface area contributed by atoms with E-state index in [1.165, 1.54) is 6.08 Å². The Morgan fingerprint density at radius 1 is 1.28 bits per heavy atom. The van der Waals surface area contributed by atoms with E-state index < -0.39 is 34.4 Å². The van der Waals surface area contributed by atoms with Crippen molar-refractivity contribution in [1.82, 2.24) is 5.32 Å². The largest absolute Gasteiger partial charge is 0.494 e. The molecule has 0 spiro atoms. The Morgan fingerprint density at radius 2 is 2.00 bits per heavy atom. The van der Waals surface area contributed by atoms with Gasteiger partial charge in [-0.15, -0.1) is 0 Å². The molecule has 1 aliphatic heterocycles. The van der Waals surface area contributed by atoms with E-state index >= 15 is 0 Å². The smallest absolute Gasteiger partial charge is 0.331 e. The van der Waals surface area contributed by atoms with Crippen LogP contribution >= 0.6 is 0 Å². The van der Waals surface area contributed by atoms with Crippen LogP contribution in [0.2, 0.25) is 0 Å². The van der Waals surface area contributed by atoms with Gasteiger partial charge in [-0.05, 0) is 37.1 Å². The Bertz CT molecular complexity index is 739. The third kappa shape index (κ3) is 6.58. The molecule has 1 amide bonds. The van der Waals surface area contributed by atoms with Crippen LogP contribution in [0.15, 0.2) is 30.3 Å². The second kappa shape index (κ2) is 8.66. The Kier molecular flexibility index (Phi) is 6.58. The van der Waals surface area contributed by atoms with Crippen LogP contribution in [0.1, 0.15) is 18.9 Å². The van der Waals surface area contributed by atoms with Crippen molar-refractivity contribution >= 4 is 27.8 Å². The lowest BCUT2D eigenvalue weighted by molar-refractivity contribution is -0.143. The molecule has 7 nitrogen and oxygen atoms in total. The van der Waals surface area contributed by atoms with Crippen molar-refractivity contribution in [3.8, 4) is 5.75 Å². The van der Waals surface area contributed by atoms with Gasteiger partial charge in [0.25, 0.3) is 5.91 Å². The molecule has 0 bridgehead atoms. The average molecular weight is 367 g/mol. The van der Waals surface area contributed by atoms with Gasteiger partial charge in [0.2, 0.25) is 0 Å². The molecule has 1 saturated heterocycles. The van der Waals surface area contributed by atoms with Crippen molar-refractivity contribution in [1.29, 1.82) is 0 Å². The minimum atomic E-state index is -3.06. The van der Waals surface area contributed by atoms with Crippen molar-refractivity contribution in [2.75, 3.05) is 24.7 Å². The fourth-order valence-electron chi connectivity index (χ4n) is 2.37. The number of sulfone groups is 1. The third-order valence-electron chi connectivity index (χ3n) is 3.55. The van der Waals surface area contributed by atoms with Crippen LogP contribution < -0.4 is 10.1 Å². The van der Waals surface area contributed by atoms with Gasteiger partial charge in [-0.25, -0.2) is 13.2 Å². The van der Waals surface area contributed by atoms with Gasteiger partial charge in [-0.1, -0.05) is 12.1 Å². The summed E-state index contributed by atoms with van der Waals surface area (Å²) in [5.41, 5.74) is 0.793. The van der Waals surface area contributed by atoms with Gasteiger partial charge < -0.3 is 14.8 Å². The summed E-state index contributed by atoms with van der Waals surface area (Å²) in [5.74, 6) is -0.409. The highest BCUT2D eigenvalue weighted by Crippen LogP contribution is 2.13. The molecule has 1 aromatic carbocycles. The van der Waals surface area contributed by atoms with E-state index in [1.54, 1.807) is 30.3 Å². The molecular formula is C17H21NO6S. The van der Waals surface area contributed by atoms with Gasteiger partial charge in [-0.2, -0.15) is 0 Å². The van der Waals surface area contributed by atoms with Gasteiger partial charge in [0.05, 0.1) is 18.1 Å². The molecular weight excluding hydrogens is 346 g/mol. The first-order valence-corrected chi connectivity index (χ1v) is 9.77. The molecule has 0 aromatic heterocycles. The van der Waals surface area contributed by atoms with Crippen LogP contribution in [0.25, 0.3) is 6.08 Å². The lowest BCUT2D eigenvalue weighted by Gasteiger charge is -2.10. The van der Waals surface area contributed by atoms with Crippen molar-refractivity contribution in [3.63, 3.8) is 0 Å². The summed E-state index contributed by atoms with van der Waals surface area (Å²) in [5, 5.41) is 2.55. The molecule has 8 heteroatoms. The van der Waals surface area contributed by atoms with Gasteiger partial charge in [-0.3, -0.25) is 4.79 Å². The quantitative estimate of drug-likeness (QED) is 0.569. The van der Waals surface area contributed by atoms with Gasteiger partial charge in [0.15, 0.2) is 16.4 Å². The van der Waals surface area contributed by atoms with Crippen molar-refractivity contribution in [3.05, 3.63) is 35.9 Å². The molecule has 1 heterocycles. The third-order valence-corrected chi connectivity index (χ3v) is 5.31. The molecule has 1 atom stereocenters. The van der Waals surface area contributed by atoms with Gasteiger partial charge in [0, 0.05) is 12.1 Å². The Balaban J connectivity index is 1.73. The molecule has 1 aliphatic rings. The zero-order valence-corrected chi connectivity index (χ0v) is 14.8. The molecule has 1 aromatic rings. The van der Waals surface area contributed by atoms with Crippen LogP contribution in [0.4, 0.5) is 0 Å². The first kappa shape index (κ1) is 19.0. The zero-order chi connectivity index (χ0) is 18.3. The molecule has 136 valence electrons. The second-order valence-corrected chi connectivity index (χ2v) is 7.84. The molecule has 1 unspecified atom stereocenters. The standard InChI is InChI=1S/C17H21NO6S/c1-2-23-15-6-3-13(4-7-15)5-8-17(20)24-11-16(19)18-14-9-10-25(21,22)12-14/h3-8,14H,2,9-12H2,1H3,(H,18,19)/b8-5+.